The van der Waals surface area contributed by atoms with Gasteiger partial charge in [0.15, 0.2) is 5.66 Å². The van der Waals surface area contributed by atoms with Crippen LogP contribution >= 0.6 is 0 Å². The summed E-state index contributed by atoms with van der Waals surface area (Å²) < 4.78 is 5.33. The highest BCUT2D eigenvalue weighted by molar-refractivity contribution is 5.98. The summed E-state index contributed by atoms with van der Waals surface area (Å²) in [5, 5.41) is 3.07. The van der Waals surface area contributed by atoms with Crippen LogP contribution in [0.15, 0.2) is 72.9 Å². The van der Waals surface area contributed by atoms with E-state index in [4.69, 9.17) is 4.74 Å². The first-order valence-electron chi connectivity index (χ1n) is 11.1. The molecule has 1 saturated heterocycles. The first-order chi connectivity index (χ1) is 16.1. The van der Waals surface area contributed by atoms with Crippen molar-refractivity contribution in [3.05, 3.63) is 95.3 Å². The Balaban J connectivity index is 1.48. The lowest BCUT2D eigenvalue weighted by Crippen LogP contribution is -2.60. The summed E-state index contributed by atoms with van der Waals surface area (Å²) in [6.45, 7) is 1.43. The first kappa shape index (κ1) is 21.0. The third-order valence-electron chi connectivity index (χ3n) is 6.55. The molecule has 0 spiro atoms. The SMILES string of the molecule is COc1ccc(C23Cc4ncccc4C(=O)N2CCN3C(=O)NCCc2ccccc2)cc1. The van der Waals surface area contributed by atoms with Crippen molar-refractivity contribution in [2.24, 2.45) is 0 Å². The third kappa shape index (κ3) is 3.59. The van der Waals surface area contributed by atoms with Gasteiger partial charge in [-0.3, -0.25) is 14.7 Å². The van der Waals surface area contributed by atoms with Gasteiger partial charge in [0.25, 0.3) is 5.91 Å². The molecule has 7 heteroatoms. The van der Waals surface area contributed by atoms with Gasteiger partial charge in [0.1, 0.15) is 5.75 Å². The molecule has 3 heterocycles. The Morgan fingerprint density at radius 3 is 2.61 bits per heavy atom. The van der Waals surface area contributed by atoms with Gasteiger partial charge in [0, 0.05) is 32.3 Å². The molecule has 1 unspecified atom stereocenters. The molecular formula is C26H26N4O3. The highest BCUT2D eigenvalue weighted by atomic mass is 16.5. The van der Waals surface area contributed by atoms with Crippen molar-refractivity contribution < 1.29 is 14.3 Å². The maximum atomic E-state index is 13.5. The summed E-state index contributed by atoms with van der Waals surface area (Å²) in [6.07, 6.45) is 2.87. The van der Waals surface area contributed by atoms with Crippen LogP contribution < -0.4 is 10.1 Å². The van der Waals surface area contributed by atoms with Crippen LogP contribution in [-0.2, 0) is 18.5 Å². The van der Waals surface area contributed by atoms with Crippen molar-refractivity contribution in [2.45, 2.75) is 18.5 Å². The standard InChI is InChI=1S/C26H26N4O3/c1-33-21-11-9-20(10-12-21)26-18-23-22(8-5-14-27-23)24(31)29(26)16-17-30(26)25(32)28-15-13-19-6-3-2-4-7-19/h2-12,14H,13,15-18H2,1H3,(H,28,32). The molecule has 3 aromatic rings. The number of hydrogen-bond donors (Lipinski definition) is 1. The number of pyridine rings is 1. The van der Waals surface area contributed by atoms with E-state index >= 15 is 0 Å². The van der Waals surface area contributed by atoms with E-state index < -0.39 is 5.66 Å². The Morgan fingerprint density at radius 2 is 1.85 bits per heavy atom. The van der Waals surface area contributed by atoms with Crippen LogP contribution in [0.3, 0.4) is 0 Å². The van der Waals surface area contributed by atoms with E-state index in [9.17, 15) is 9.59 Å². The summed E-state index contributed by atoms with van der Waals surface area (Å²) in [5.41, 5.74) is 2.41. The van der Waals surface area contributed by atoms with Gasteiger partial charge in [-0.2, -0.15) is 0 Å². The largest absolute Gasteiger partial charge is 0.497 e. The number of nitrogens with one attached hydrogen (secondary N) is 1. The van der Waals surface area contributed by atoms with Crippen molar-refractivity contribution in [3.63, 3.8) is 0 Å². The Labute approximate surface area is 193 Å². The van der Waals surface area contributed by atoms with E-state index in [1.807, 2.05) is 65.6 Å². The molecule has 7 nitrogen and oxygen atoms in total. The van der Waals surface area contributed by atoms with E-state index in [2.05, 4.69) is 10.3 Å². The topological polar surface area (TPSA) is 74.8 Å². The van der Waals surface area contributed by atoms with Crippen LogP contribution in [0.25, 0.3) is 0 Å². The molecule has 1 N–H and O–H groups in total. The molecule has 33 heavy (non-hydrogen) atoms. The average molecular weight is 443 g/mol. The molecule has 5 rings (SSSR count). The second-order valence-corrected chi connectivity index (χ2v) is 8.30. The van der Waals surface area contributed by atoms with E-state index in [-0.39, 0.29) is 11.9 Å². The zero-order valence-electron chi connectivity index (χ0n) is 18.5. The highest BCUT2D eigenvalue weighted by Crippen LogP contribution is 2.44. The monoisotopic (exact) mass is 442 g/mol. The van der Waals surface area contributed by atoms with Gasteiger partial charge in [-0.25, -0.2) is 4.79 Å². The van der Waals surface area contributed by atoms with Crippen molar-refractivity contribution >= 4 is 11.9 Å². The molecular weight excluding hydrogens is 416 g/mol. The number of carbonyl (C=O) groups is 2. The normalized spacial score (nSPS) is 19.1. The summed E-state index contributed by atoms with van der Waals surface area (Å²) in [6, 6.07) is 21.1. The minimum atomic E-state index is -0.929. The van der Waals surface area contributed by atoms with Gasteiger partial charge >= 0.3 is 6.03 Å². The lowest BCUT2D eigenvalue weighted by atomic mass is 9.86. The fourth-order valence-electron chi connectivity index (χ4n) is 4.92. The Kier molecular flexibility index (Phi) is 5.46. The van der Waals surface area contributed by atoms with Crippen molar-refractivity contribution in [1.29, 1.82) is 0 Å². The number of rotatable bonds is 5. The summed E-state index contributed by atoms with van der Waals surface area (Å²) in [7, 11) is 1.62. The molecule has 1 atom stereocenters. The zero-order valence-corrected chi connectivity index (χ0v) is 18.5. The number of nitrogens with zero attached hydrogens (tertiary/aromatic N) is 3. The summed E-state index contributed by atoms with van der Waals surface area (Å²) in [5.74, 6) is 0.624. The molecule has 3 amide bonds. The number of carbonyl (C=O) groups excluding carboxylic acids is 2. The fraction of sp³-hybridized carbons (Fsp3) is 0.269. The third-order valence-corrected chi connectivity index (χ3v) is 6.55. The summed E-state index contributed by atoms with van der Waals surface area (Å²) >= 11 is 0. The van der Waals surface area contributed by atoms with Gasteiger partial charge in [-0.15, -0.1) is 0 Å². The lowest BCUT2D eigenvalue weighted by Gasteiger charge is -2.46. The van der Waals surface area contributed by atoms with Crippen LogP contribution in [0.1, 0.15) is 27.2 Å². The second-order valence-electron chi connectivity index (χ2n) is 8.30. The van der Waals surface area contributed by atoms with Crippen molar-refractivity contribution in [1.82, 2.24) is 20.1 Å². The molecule has 0 aliphatic carbocycles. The van der Waals surface area contributed by atoms with Crippen LogP contribution in [0.4, 0.5) is 4.79 Å². The predicted molar refractivity (Wildman–Crippen MR) is 124 cm³/mol. The number of methoxy groups -OCH3 is 1. The molecule has 1 fully saturated rings. The number of ether oxygens (including phenoxy) is 1. The molecule has 168 valence electrons. The molecule has 1 aromatic heterocycles. The average Bonchev–Trinajstić information content (AvgIpc) is 3.25. The maximum absolute atomic E-state index is 13.5. The highest BCUT2D eigenvalue weighted by Gasteiger charge is 2.56. The van der Waals surface area contributed by atoms with Crippen LogP contribution in [0.5, 0.6) is 5.75 Å². The molecule has 0 saturated carbocycles. The molecule has 2 aromatic carbocycles. The fourth-order valence-corrected chi connectivity index (χ4v) is 4.92. The van der Waals surface area contributed by atoms with Gasteiger partial charge in [0.2, 0.25) is 0 Å². The smallest absolute Gasteiger partial charge is 0.319 e. The lowest BCUT2D eigenvalue weighted by molar-refractivity contribution is 0.0195. The first-order valence-corrected chi connectivity index (χ1v) is 11.1. The molecule has 0 bridgehead atoms. The Morgan fingerprint density at radius 1 is 1.06 bits per heavy atom. The minimum absolute atomic E-state index is 0.0975. The van der Waals surface area contributed by atoms with E-state index in [0.717, 1.165) is 23.3 Å². The van der Waals surface area contributed by atoms with Gasteiger partial charge < -0.3 is 15.0 Å². The predicted octanol–water partition coefficient (Wildman–Crippen LogP) is 3.21. The number of aromatic nitrogens is 1. The molecule has 2 aliphatic heterocycles. The van der Waals surface area contributed by atoms with Gasteiger partial charge in [0.05, 0.1) is 18.4 Å². The van der Waals surface area contributed by atoms with E-state index in [1.165, 1.54) is 0 Å². The quantitative estimate of drug-likeness (QED) is 0.659. The molecule has 0 radical (unpaired) electrons. The number of amides is 3. The van der Waals surface area contributed by atoms with E-state index in [0.29, 0.717) is 37.3 Å². The van der Waals surface area contributed by atoms with E-state index in [1.54, 1.807) is 24.3 Å². The molecule has 2 aliphatic rings. The van der Waals surface area contributed by atoms with Crippen LogP contribution in [0, 0.1) is 0 Å². The number of urea groups is 1. The maximum Gasteiger partial charge on any atom is 0.319 e. The second kappa shape index (κ2) is 8.58. The number of benzene rings is 2. The van der Waals surface area contributed by atoms with Crippen molar-refractivity contribution in [2.75, 3.05) is 26.7 Å². The van der Waals surface area contributed by atoms with Gasteiger partial charge in [-0.05, 0) is 41.8 Å². The Hall–Kier alpha value is -3.87. The summed E-state index contributed by atoms with van der Waals surface area (Å²) in [4.78, 5) is 35.0. The van der Waals surface area contributed by atoms with Crippen LogP contribution in [-0.4, -0.2) is 53.5 Å². The number of hydrogen-bond acceptors (Lipinski definition) is 4. The Bertz CT molecular complexity index is 1170. The van der Waals surface area contributed by atoms with Crippen LogP contribution in [0.2, 0.25) is 0 Å². The van der Waals surface area contributed by atoms with Crippen molar-refractivity contribution in [3.8, 4) is 5.75 Å². The van der Waals surface area contributed by atoms with Gasteiger partial charge in [-0.1, -0.05) is 42.5 Å². The number of fused-ring (bicyclic) bond motifs is 2. The minimum Gasteiger partial charge on any atom is -0.497 e. The zero-order chi connectivity index (χ0) is 22.8.